The number of carbonyl (C=O) groups is 3. The molecule has 24 heavy (non-hydrogen) atoms. The Bertz CT molecular complexity index is 586. The highest BCUT2D eigenvalue weighted by Crippen LogP contribution is 2.11. The molecule has 0 saturated heterocycles. The third kappa shape index (κ3) is 6.40. The molecule has 0 saturated carbocycles. The third-order valence-corrected chi connectivity index (χ3v) is 3.21. The Labute approximate surface area is 142 Å². The summed E-state index contributed by atoms with van der Waals surface area (Å²) in [6.07, 6.45) is -0.00713. The molecule has 0 fully saturated rings. The van der Waals surface area contributed by atoms with Gasteiger partial charge in [-0.1, -0.05) is 31.2 Å². The minimum absolute atomic E-state index is 0.0537. The van der Waals surface area contributed by atoms with Gasteiger partial charge >= 0.3 is 12.1 Å². The van der Waals surface area contributed by atoms with Crippen molar-refractivity contribution in [2.24, 2.45) is 0 Å². The second kappa shape index (κ2) is 8.47. The first-order valence-corrected chi connectivity index (χ1v) is 7.85. The molecule has 0 aliphatic carbocycles. The van der Waals surface area contributed by atoms with Crippen molar-refractivity contribution in [3.05, 3.63) is 35.4 Å². The molecule has 0 radical (unpaired) electrons. The zero-order chi connectivity index (χ0) is 18.3. The van der Waals surface area contributed by atoms with Gasteiger partial charge in [-0.25, -0.2) is 9.59 Å². The summed E-state index contributed by atoms with van der Waals surface area (Å²) in [7, 11) is 1.26. The number of ketones is 1. The summed E-state index contributed by atoms with van der Waals surface area (Å²) in [5.41, 5.74) is 0.762. The van der Waals surface area contributed by atoms with Gasteiger partial charge in [-0.2, -0.15) is 0 Å². The quantitative estimate of drug-likeness (QED) is 0.638. The maximum Gasteiger partial charge on any atom is 0.408 e. The summed E-state index contributed by atoms with van der Waals surface area (Å²) < 4.78 is 9.89. The highest BCUT2D eigenvalue weighted by atomic mass is 16.6. The van der Waals surface area contributed by atoms with E-state index >= 15 is 0 Å². The van der Waals surface area contributed by atoms with Crippen LogP contribution in [-0.4, -0.2) is 36.6 Å². The van der Waals surface area contributed by atoms with Crippen LogP contribution < -0.4 is 5.32 Å². The molecule has 6 nitrogen and oxygen atoms in total. The normalized spacial score (nSPS) is 12.2. The number of amides is 1. The van der Waals surface area contributed by atoms with Crippen LogP contribution in [0.2, 0.25) is 0 Å². The van der Waals surface area contributed by atoms with Gasteiger partial charge in [0.2, 0.25) is 0 Å². The van der Waals surface area contributed by atoms with Crippen molar-refractivity contribution in [3.8, 4) is 0 Å². The van der Waals surface area contributed by atoms with Crippen LogP contribution in [0.15, 0.2) is 24.3 Å². The molecule has 0 bridgehead atoms. The molecule has 0 spiro atoms. The van der Waals surface area contributed by atoms with Crippen LogP contribution in [-0.2, 0) is 20.7 Å². The van der Waals surface area contributed by atoms with Crippen molar-refractivity contribution in [3.63, 3.8) is 0 Å². The molecular weight excluding hydrogens is 310 g/mol. The van der Waals surface area contributed by atoms with E-state index in [1.165, 1.54) is 7.11 Å². The van der Waals surface area contributed by atoms with Gasteiger partial charge in [0.15, 0.2) is 5.78 Å². The average Bonchev–Trinajstić information content (AvgIpc) is 2.51. The maximum absolute atomic E-state index is 11.9. The number of Topliss-reactive ketones (excluding diaryl/α,β-unsaturated/α-hetero) is 1. The molecule has 1 aromatic rings. The molecule has 0 aliphatic rings. The lowest BCUT2D eigenvalue weighted by Crippen LogP contribution is -2.45. The predicted octanol–water partition coefficient (Wildman–Crippen LogP) is 2.89. The zero-order valence-corrected chi connectivity index (χ0v) is 14.8. The summed E-state index contributed by atoms with van der Waals surface area (Å²) >= 11 is 0. The maximum atomic E-state index is 11.9. The van der Waals surface area contributed by atoms with Gasteiger partial charge in [-0.3, -0.25) is 4.79 Å². The number of esters is 1. The van der Waals surface area contributed by atoms with Crippen molar-refractivity contribution < 1.29 is 23.9 Å². The topological polar surface area (TPSA) is 81.7 Å². The van der Waals surface area contributed by atoms with E-state index in [-0.39, 0.29) is 12.2 Å². The largest absolute Gasteiger partial charge is 0.467 e. The fourth-order valence-electron chi connectivity index (χ4n) is 2.05. The molecule has 0 heterocycles. The van der Waals surface area contributed by atoms with E-state index in [2.05, 4.69) is 5.32 Å². The van der Waals surface area contributed by atoms with E-state index in [4.69, 9.17) is 9.47 Å². The van der Waals surface area contributed by atoms with Gasteiger partial charge in [-0.15, -0.1) is 0 Å². The van der Waals surface area contributed by atoms with Crippen molar-refractivity contribution in [2.75, 3.05) is 7.11 Å². The standard InChI is InChI=1S/C18H25NO5/c1-6-15(20)13-9-7-12(8-10-13)11-14(16(21)23-5)19-17(22)24-18(2,3)4/h7-10,14H,6,11H2,1-5H3,(H,19,22)/t14-/m0/s1. The Morgan fingerprint density at radius 2 is 1.71 bits per heavy atom. The van der Waals surface area contributed by atoms with Crippen LogP contribution in [0.4, 0.5) is 4.79 Å². The molecule has 132 valence electrons. The van der Waals surface area contributed by atoms with Crippen molar-refractivity contribution in [2.45, 2.75) is 52.2 Å². The SMILES string of the molecule is CCC(=O)c1ccc(C[C@H](NC(=O)OC(C)(C)C)C(=O)OC)cc1. The molecule has 6 heteroatoms. The first-order chi connectivity index (χ1) is 11.2. The van der Waals surface area contributed by atoms with Crippen LogP contribution in [0.3, 0.4) is 0 Å². The lowest BCUT2D eigenvalue weighted by molar-refractivity contribution is -0.143. The van der Waals surface area contributed by atoms with E-state index in [1.807, 2.05) is 0 Å². The minimum Gasteiger partial charge on any atom is -0.467 e. The van der Waals surface area contributed by atoms with Gasteiger partial charge in [0, 0.05) is 18.4 Å². The fraction of sp³-hybridized carbons (Fsp3) is 0.500. The number of methoxy groups -OCH3 is 1. The number of rotatable bonds is 6. The number of carbonyl (C=O) groups excluding carboxylic acids is 3. The molecular formula is C18H25NO5. The van der Waals surface area contributed by atoms with E-state index < -0.39 is 23.7 Å². The predicted molar refractivity (Wildman–Crippen MR) is 89.9 cm³/mol. The summed E-state index contributed by atoms with van der Waals surface area (Å²) in [5, 5.41) is 2.52. The lowest BCUT2D eigenvalue weighted by atomic mass is 10.0. The fourth-order valence-corrected chi connectivity index (χ4v) is 2.05. The molecule has 1 amide bonds. The first-order valence-electron chi connectivity index (χ1n) is 7.85. The van der Waals surface area contributed by atoms with Crippen LogP contribution in [0.1, 0.15) is 50.0 Å². The number of benzene rings is 1. The van der Waals surface area contributed by atoms with Gasteiger partial charge < -0.3 is 14.8 Å². The molecule has 1 N–H and O–H groups in total. The Morgan fingerprint density at radius 1 is 1.12 bits per heavy atom. The monoisotopic (exact) mass is 335 g/mol. The van der Waals surface area contributed by atoms with Gasteiger partial charge in [0.1, 0.15) is 11.6 Å². The van der Waals surface area contributed by atoms with Crippen LogP contribution >= 0.6 is 0 Å². The minimum atomic E-state index is -0.863. The van der Waals surface area contributed by atoms with Gasteiger partial charge in [0.05, 0.1) is 7.11 Å². The van der Waals surface area contributed by atoms with Crippen molar-refractivity contribution in [1.29, 1.82) is 0 Å². The summed E-state index contributed by atoms with van der Waals surface area (Å²) in [6.45, 7) is 7.02. The first kappa shape index (κ1) is 19.7. The number of ether oxygens (including phenoxy) is 2. The lowest BCUT2D eigenvalue weighted by Gasteiger charge is -2.22. The molecule has 1 aromatic carbocycles. The third-order valence-electron chi connectivity index (χ3n) is 3.21. The summed E-state index contributed by atoms with van der Waals surface area (Å²) in [4.78, 5) is 35.4. The second-order valence-electron chi connectivity index (χ2n) is 6.40. The number of nitrogens with one attached hydrogen (secondary N) is 1. The van der Waals surface area contributed by atoms with Crippen molar-refractivity contribution in [1.82, 2.24) is 5.32 Å². The summed E-state index contributed by atoms with van der Waals surface area (Å²) in [6, 6.07) is 6.08. The smallest absolute Gasteiger partial charge is 0.408 e. The van der Waals surface area contributed by atoms with E-state index in [1.54, 1.807) is 52.0 Å². The molecule has 1 atom stereocenters. The Kier molecular flexibility index (Phi) is 6.95. The molecule has 0 aromatic heterocycles. The molecule has 0 aliphatic heterocycles. The highest BCUT2D eigenvalue weighted by molar-refractivity contribution is 5.95. The van der Waals surface area contributed by atoms with E-state index in [0.29, 0.717) is 12.0 Å². The Hall–Kier alpha value is -2.37. The van der Waals surface area contributed by atoms with Crippen LogP contribution in [0, 0.1) is 0 Å². The van der Waals surface area contributed by atoms with Crippen molar-refractivity contribution >= 4 is 17.8 Å². The number of hydrogen-bond donors (Lipinski definition) is 1. The molecule has 0 unspecified atom stereocenters. The molecule has 1 rings (SSSR count). The average molecular weight is 335 g/mol. The van der Waals surface area contributed by atoms with E-state index in [0.717, 1.165) is 5.56 Å². The highest BCUT2D eigenvalue weighted by Gasteiger charge is 2.25. The number of alkyl carbamates (subject to hydrolysis) is 1. The van der Waals surface area contributed by atoms with Gasteiger partial charge in [-0.05, 0) is 26.3 Å². The zero-order valence-electron chi connectivity index (χ0n) is 14.8. The Morgan fingerprint density at radius 3 is 2.17 bits per heavy atom. The van der Waals surface area contributed by atoms with Crippen LogP contribution in [0.5, 0.6) is 0 Å². The van der Waals surface area contributed by atoms with Gasteiger partial charge in [0.25, 0.3) is 0 Å². The Balaban J connectivity index is 2.81. The van der Waals surface area contributed by atoms with E-state index in [9.17, 15) is 14.4 Å². The second-order valence-corrected chi connectivity index (χ2v) is 6.40. The summed E-state index contributed by atoms with van der Waals surface area (Å²) in [5.74, 6) is -0.507. The number of hydrogen-bond acceptors (Lipinski definition) is 5. The van der Waals surface area contributed by atoms with Crippen LogP contribution in [0.25, 0.3) is 0 Å².